The molecule has 9 heteroatoms. The van der Waals surface area contributed by atoms with Gasteiger partial charge >= 0.3 is 0 Å². The molecule has 0 fully saturated rings. The van der Waals surface area contributed by atoms with Gasteiger partial charge in [-0.1, -0.05) is 4.52 Å². The molecular weight excluding hydrogens is 292 g/mol. The fourth-order valence-electron chi connectivity index (χ4n) is 3.27. The van der Waals surface area contributed by atoms with Gasteiger partial charge in [-0.15, -0.1) is 9.34 Å². The van der Waals surface area contributed by atoms with E-state index < -0.39 is 15.2 Å². The fraction of sp³-hybridized carbons (Fsp3) is 1.00. The van der Waals surface area contributed by atoms with Crippen molar-refractivity contribution in [2.24, 2.45) is 4.52 Å². The lowest BCUT2D eigenvalue weighted by Gasteiger charge is -2.55. The number of rotatable bonds is 3. The Morgan fingerprint density at radius 3 is 1.75 bits per heavy atom. The molecule has 0 aromatic rings. The molecule has 0 unspecified atom stereocenters. The summed E-state index contributed by atoms with van der Waals surface area (Å²) in [4.78, 5) is 2.28. The minimum atomic E-state index is -1.73. The van der Waals surface area contributed by atoms with Crippen LogP contribution in [0.1, 0.15) is 0 Å². The summed E-state index contributed by atoms with van der Waals surface area (Å²) < 4.78 is 17.7. The highest BCUT2D eigenvalue weighted by Gasteiger charge is 2.61. The van der Waals surface area contributed by atoms with Crippen molar-refractivity contribution in [3.63, 3.8) is 0 Å². The van der Waals surface area contributed by atoms with Crippen LogP contribution in [0.3, 0.4) is 0 Å². The Balaban J connectivity index is 2.62. The van der Waals surface area contributed by atoms with E-state index in [1.54, 1.807) is 0 Å². The third-order valence-electron chi connectivity index (χ3n) is 4.10. The number of hydrogen-bond acceptors (Lipinski definition) is 7. The molecule has 2 aliphatic heterocycles. The van der Waals surface area contributed by atoms with Crippen LogP contribution in [0.2, 0.25) is 0 Å². The van der Waals surface area contributed by atoms with E-state index in [0.717, 1.165) is 19.6 Å². The van der Waals surface area contributed by atoms with Crippen LogP contribution in [0.4, 0.5) is 0 Å². The summed E-state index contributed by atoms with van der Waals surface area (Å²) >= 11 is 0. The second-order valence-corrected chi connectivity index (χ2v) is 13.3. The smallest absolute Gasteiger partial charge is 0.273 e. The summed E-state index contributed by atoms with van der Waals surface area (Å²) in [6.45, 7) is 1.96. The van der Waals surface area contributed by atoms with Gasteiger partial charge in [0, 0.05) is 14.1 Å². The molecule has 0 radical (unpaired) electrons. The molecule has 0 saturated heterocycles. The van der Waals surface area contributed by atoms with Crippen LogP contribution in [-0.2, 0) is 0 Å². The molecule has 0 spiro atoms. The molecule has 2 heterocycles. The van der Waals surface area contributed by atoms with Gasteiger partial charge < -0.3 is 0 Å². The van der Waals surface area contributed by atoms with Crippen LogP contribution in [0.15, 0.2) is 4.52 Å². The zero-order valence-corrected chi connectivity index (χ0v) is 15.9. The van der Waals surface area contributed by atoms with Crippen molar-refractivity contribution in [2.75, 3.05) is 76.0 Å². The molecule has 0 aromatic carbocycles. The first-order valence-corrected chi connectivity index (χ1v) is 10.3. The molecule has 0 N–H and O–H groups in total. The Morgan fingerprint density at radius 2 is 1.40 bits per heavy atom. The summed E-state index contributed by atoms with van der Waals surface area (Å²) in [6, 6.07) is 0. The van der Waals surface area contributed by atoms with Crippen LogP contribution in [-0.4, -0.2) is 104 Å². The number of fused-ring (bicyclic) bond motifs is 1. The van der Waals surface area contributed by atoms with E-state index in [4.69, 9.17) is 4.52 Å². The lowest BCUT2D eigenvalue weighted by Crippen LogP contribution is -2.53. The standard InChI is InChI=1S/C11H30N7P2/c1-13(2)11-19-12-20(14(3)4,17(7)9-15(19)5)18(8)10-16(19)6/h9-11H2,1-8H3/q+1. The van der Waals surface area contributed by atoms with Gasteiger partial charge in [-0.25, -0.2) is 14.0 Å². The molecule has 118 valence electrons. The van der Waals surface area contributed by atoms with Gasteiger partial charge in [-0.3, -0.25) is 4.90 Å². The van der Waals surface area contributed by atoms with Gasteiger partial charge in [0.1, 0.15) is 0 Å². The van der Waals surface area contributed by atoms with Crippen molar-refractivity contribution in [3.8, 4) is 0 Å². The van der Waals surface area contributed by atoms with E-state index in [1.807, 2.05) is 0 Å². The molecule has 7 nitrogen and oxygen atoms in total. The van der Waals surface area contributed by atoms with E-state index in [1.165, 1.54) is 0 Å². The Kier molecular flexibility index (Phi) is 4.67. The third-order valence-corrected chi connectivity index (χ3v) is 12.8. The van der Waals surface area contributed by atoms with E-state index in [0.29, 0.717) is 0 Å². The minimum Gasteiger partial charge on any atom is -0.273 e. The molecule has 0 atom stereocenters. The quantitative estimate of drug-likeness (QED) is 0.731. The molecule has 0 amide bonds. The number of nitrogens with zero attached hydrogens (tertiary/aromatic N) is 7. The van der Waals surface area contributed by atoms with Crippen LogP contribution >= 0.6 is 15.2 Å². The van der Waals surface area contributed by atoms with Crippen LogP contribution in [0.5, 0.6) is 0 Å². The van der Waals surface area contributed by atoms with Crippen LogP contribution in [0.25, 0.3) is 0 Å². The van der Waals surface area contributed by atoms with E-state index in [9.17, 15) is 0 Å². The van der Waals surface area contributed by atoms with Gasteiger partial charge in [0.05, 0.1) is 13.3 Å². The summed E-state index contributed by atoms with van der Waals surface area (Å²) in [5.41, 5.74) is 0. The van der Waals surface area contributed by atoms with Crippen molar-refractivity contribution in [1.82, 2.24) is 28.3 Å². The Labute approximate surface area is 124 Å². The van der Waals surface area contributed by atoms with Crippen molar-refractivity contribution in [2.45, 2.75) is 0 Å². The predicted octanol–water partition coefficient (Wildman–Crippen LogP) is 1.45. The SMILES string of the molecule is CN(C)C[P+]12N=P(N(C)C)(N(C)CN1C)N(C)CN2C. The van der Waals surface area contributed by atoms with Gasteiger partial charge in [-0.05, 0) is 42.3 Å². The molecular formula is C11H30N7P2+. The van der Waals surface area contributed by atoms with Crippen LogP contribution < -0.4 is 0 Å². The van der Waals surface area contributed by atoms with E-state index in [-0.39, 0.29) is 0 Å². The average molecular weight is 322 g/mol. The summed E-state index contributed by atoms with van der Waals surface area (Å²) in [5.74, 6) is 0. The van der Waals surface area contributed by atoms with Gasteiger partial charge in [0.25, 0.3) is 7.71 Å². The average Bonchev–Trinajstić information content (AvgIpc) is 2.30. The van der Waals surface area contributed by atoms with E-state index in [2.05, 4.69) is 84.6 Å². The Hall–Kier alpha value is 0.420. The molecule has 2 aliphatic rings. The molecule has 0 saturated carbocycles. The second kappa shape index (κ2) is 5.56. The van der Waals surface area contributed by atoms with Gasteiger partial charge in [0.15, 0.2) is 6.29 Å². The van der Waals surface area contributed by atoms with Crippen molar-refractivity contribution >= 4 is 15.2 Å². The van der Waals surface area contributed by atoms with Crippen molar-refractivity contribution < 1.29 is 0 Å². The lowest BCUT2D eigenvalue weighted by atomic mass is 11.0. The van der Waals surface area contributed by atoms with Crippen molar-refractivity contribution in [3.05, 3.63) is 0 Å². The minimum absolute atomic E-state index is 0.978. The highest BCUT2D eigenvalue weighted by atomic mass is 31.2. The fourth-order valence-corrected chi connectivity index (χ4v) is 13.0. The maximum atomic E-state index is 5.52. The lowest BCUT2D eigenvalue weighted by molar-refractivity contribution is 0.244. The topological polar surface area (TPSA) is 31.8 Å². The van der Waals surface area contributed by atoms with Gasteiger partial charge in [0.2, 0.25) is 7.51 Å². The van der Waals surface area contributed by atoms with Crippen molar-refractivity contribution in [1.29, 1.82) is 0 Å². The zero-order chi connectivity index (χ0) is 15.3. The van der Waals surface area contributed by atoms with E-state index >= 15 is 0 Å². The largest absolute Gasteiger partial charge is 0.295 e. The molecule has 20 heavy (non-hydrogen) atoms. The highest BCUT2D eigenvalue weighted by Crippen LogP contribution is 2.79. The highest BCUT2D eigenvalue weighted by molar-refractivity contribution is 7.78. The third kappa shape index (κ3) is 2.29. The molecule has 2 bridgehead atoms. The van der Waals surface area contributed by atoms with Gasteiger partial charge in [-0.2, -0.15) is 0 Å². The normalized spacial score (nSPS) is 37.7. The first-order chi connectivity index (χ1) is 9.16. The summed E-state index contributed by atoms with van der Waals surface area (Å²) in [5, 5.41) is 0. The maximum Gasteiger partial charge on any atom is 0.295 e. The Morgan fingerprint density at radius 1 is 0.950 bits per heavy atom. The zero-order valence-electron chi connectivity index (χ0n) is 14.1. The first kappa shape index (κ1) is 16.8. The predicted molar refractivity (Wildman–Crippen MR) is 89.3 cm³/mol. The molecule has 2 rings (SSSR count). The Bertz CT molecular complexity index is 403. The summed E-state index contributed by atoms with van der Waals surface area (Å²) in [7, 11) is 14.2. The van der Waals surface area contributed by atoms with Crippen LogP contribution in [0, 0.1) is 0 Å². The maximum absolute atomic E-state index is 5.52. The first-order valence-electron chi connectivity index (χ1n) is 6.88. The summed E-state index contributed by atoms with van der Waals surface area (Å²) in [6.07, 6.45) is 1.03. The monoisotopic (exact) mass is 322 g/mol. The second-order valence-electron chi connectivity index (χ2n) is 6.30. The molecule has 0 aromatic heterocycles. The number of hydrogen-bond donors (Lipinski definition) is 0. The molecule has 0 aliphatic carbocycles.